The van der Waals surface area contributed by atoms with Gasteiger partial charge >= 0.3 is 0 Å². The molecule has 0 bridgehead atoms. The zero-order valence-corrected chi connectivity index (χ0v) is 17.9. The molecule has 1 N–H and O–H groups in total. The largest absolute Gasteiger partial charge is 0.497 e. The fourth-order valence-corrected chi connectivity index (χ4v) is 4.16. The van der Waals surface area contributed by atoms with Crippen molar-refractivity contribution in [3.8, 4) is 34.1 Å². The molecular formula is C22H21N3O4S. The van der Waals surface area contributed by atoms with E-state index >= 15 is 0 Å². The second-order valence-corrected chi connectivity index (χ2v) is 7.18. The molecule has 2 aromatic carbocycles. The van der Waals surface area contributed by atoms with Crippen LogP contribution in [0.15, 0.2) is 48.1 Å². The van der Waals surface area contributed by atoms with Gasteiger partial charge in [0.2, 0.25) is 5.75 Å². The fraction of sp³-hybridized carbons (Fsp3) is 0.182. The Morgan fingerprint density at radius 1 is 0.833 bits per heavy atom. The smallest absolute Gasteiger partial charge is 0.203 e. The zero-order chi connectivity index (χ0) is 21.1. The summed E-state index contributed by atoms with van der Waals surface area (Å²) in [5, 5.41) is 6.41. The van der Waals surface area contributed by atoms with Crippen LogP contribution in [0.25, 0.3) is 21.3 Å². The predicted octanol–water partition coefficient (Wildman–Crippen LogP) is 5.14. The molecule has 0 aliphatic rings. The maximum absolute atomic E-state index is 5.46. The van der Waals surface area contributed by atoms with Gasteiger partial charge < -0.3 is 24.3 Å². The van der Waals surface area contributed by atoms with Crippen molar-refractivity contribution in [1.82, 2.24) is 9.97 Å². The molecule has 7 nitrogen and oxygen atoms in total. The van der Waals surface area contributed by atoms with Crippen LogP contribution in [0.2, 0.25) is 0 Å². The monoisotopic (exact) mass is 423 g/mol. The van der Waals surface area contributed by atoms with E-state index in [0.717, 1.165) is 32.8 Å². The number of rotatable bonds is 7. The highest BCUT2D eigenvalue weighted by Crippen LogP contribution is 2.42. The second-order valence-electron chi connectivity index (χ2n) is 6.32. The van der Waals surface area contributed by atoms with E-state index in [2.05, 4.69) is 20.7 Å². The molecule has 0 spiro atoms. The van der Waals surface area contributed by atoms with Crippen LogP contribution in [0.1, 0.15) is 0 Å². The van der Waals surface area contributed by atoms with E-state index in [9.17, 15) is 0 Å². The summed E-state index contributed by atoms with van der Waals surface area (Å²) < 4.78 is 21.6. The third-order valence-corrected chi connectivity index (χ3v) is 5.59. The van der Waals surface area contributed by atoms with Crippen LogP contribution >= 0.6 is 11.3 Å². The molecule has 0 unspecified atom stereocenters. The van der Waals surface area contributed by atoms with Crippen LogP contribution in [0.3, 0.4) is 0 Å². The molecule has 0 saturated carbocycles. The standard InChI is InChI=1S/C22H21N3O4S/c1-26-15-7-5-13(6-8-15)16-11-30-22-19(16)21(23-12-24-22)25-14-9-17(27-2)20(29-4)18(10-14)28-3/h5-12H,1-4H3,(H,23,24,25). The molecule has 0 amide bonds. The van der Waals surface area contributed by atoms with Gasteiger partial charge in [0, 0.05) is 28.8 Å². The average molecular weight is 423 g/mol. The Hall–Kier alpha value is -3.52. The summed E-state index contributed by atoms with van der Waals surface area (Å²) in [6.45, 7) is 0. The molecular weight excluding hydrogens is 402 g/mol. The number of hydrogen-bond donors (Lipinski definition) is 1. The molecule has 2 aromatic heterocycles. The van der Waals surface area contributed by atoms with Crippen molar-refractivity contribution in [2.45, 2.75) is 0 Å². The number of ether oxygens (including phenoxy) is 4. The molecule has 0 fully saturated rings. The van der Waals surface area contributed by atoms with E-state index in [1.807, 2.05) is 36.4 Å². The van der Waals surface area contributed by atoms with Gasteiger partial charge in [-0.3, -0.25) is 0 Å². The highest BCUT2D eigenvalue weighted by Gasteiger charge is 2.17. The third-order valence-electron chi connectivity index (χ3n) is 4.70. The first-order valence-corrected chi connectivity index (χ1v) is 10.00. The number of aromatic nitrogens is 2. The molecule has 0 radical (unpaired) electrons. The van der Waals surface area contributed by atoms with Gasteiger partial charge in [-0.25, -0.2) is 9.97 Å². The minimum absolute atomic E-state index is 0.535. The van der Waals surface area contributed by atoms with Crippen LogP contribution in [0.4, 0.5) is 11.5 Å². The molecule has 0 saturated heterocycles. The zero-order valence-electron chi connectivity index (χ0n) is 17.1. The first-order valence-electron chi connectivity index (χ1n) is 9.12. The normalized spacial score (nSPS) is 10.7. The molecule has 0 aliphatic heterocycles. The third kappa shape index (κ3) is 3.57. The van der Waals surface area contributed by atoms with Crippen molar-refractivity contribution in [3.05, 3.63) is 48.1 Å². The van der Waals surface area contributed by atoms with Crippen LogP contribution < -0.4 is 24.3 Å². The Kier molecular flexibility index (Phi) is 5.58. The van der Waals surface area contributed by atoms with Gasteiger partial charge in [-0.15, -0.1) is 11.3 Å². The fourth-order valence-electron chi connectivity index (χ4n) is 3.24. The van der Waals surface area contributed by atoms with E-state index in [1.54, 1.807) is 46.1 Å². The van der Waals surface area contributed by atoms with E-state index in [4.69, 9.17) is 18.9 Å². The minimum Gasteiger partial charge on any atom is -0.497 e. The highest BCUT2D eigenvalue weighted by atomic mass is 32.1. The molecule has 4 aromatic rings. The summed E-state index contributed by atoms with van der Waals surface area (Å²) in [6, 6.07) is 11.6. The molecule has 0 atom stereocenters. The van der Waals surface area contributed by atoms with Crippen molar-refractivity contribution in [1.29, 1.82) is 0 Å². The summed E-state index contributed by atoms with van der Waals surface area (Å²) in [7, 11) is 6.41. The van der Waals surface area contributed by atoms with E-state index in [1.165, 1.54) is 0 Å². The van der Waals surface area contributed by atoms with E-state index < -0.39 is 0 Å². The molecule has 4 rings (SSSR count). The number of fused-ring (bicyclic) bond motifs is 1. The Balaban J connectivity index is 1.79. The van der Waals surface area contributed by atoms with Crippen LogP contribution in [0, 0.1) is 0 Å². The SMILES string of the molecule is COc1ccc(-c2csc3ncnc(Nc4cc(OC)c(OC)c(OC)c4)c23)cc1. The lowest BCUT2D eigenvalue weighted by Crippen LogP contribution is -1.99. The number of nitrogens with one attached hydrogen (secondary N) is 1. The van der Waals surface area contributed by atoms with Crippen LogP contribution in [0.5, 0.6) is 23.0 Å². The van der Waals surface area contributed by atoms with Crippen LogP contribution in [-0.4, -0.2) is 38.4 Å². The van der Waals surface area contributed by atoms with Gasteiger partial charge in [-0.1, -0.05) is 12.1 Å². The lowest BCUT2D eigenvalue weighted by atomic mass is 10.1. The summed E-state index contributed by atoms with van der Waals surface area (Å²) in [5.74, 6) is 3.16. The molecule has 154 valence electrons. The van der Waals surface area contributed by atoms with Crippen molar-refractivity contribution in [2.24, 2.45) is 0 Å². The van der Waals surface area contributed by atoms with Gasteiger partial charge in [0.05, 0.1) is 33.8 Å². The number of benzene rings is 2. The maximum Gasteiger partial charge on any atom is 0.203 e. The van der Waals surface area contributed by atoms with Gasteiger partial charge in [-0.05, 0) is 17.7 Å². The Bertz CT molecular complexity index is 1150. The second kappa shape index (κ2) is 8.46. The minimum atomic E-state index is 0.535. The van der Waals surface area contributed by atoms with Crippen molar-refractivity contribution >= 4 is 33.1 Å². The molecule has 2 heterocycles. The summed E-state index contributed by atoms with van der Waals surface area (Å²) in [4.78, 5) is 9.82. The van der Waals surface area contributed by atoms with Gasteiger partial charge in [0.15, 0.2) is 11.5 Å². The maximum atomic E-state index is 5.46. The van der Waals surface area contributed by atoms with Crippen LogP contribution in [-0.2, 0) is 0 Å². The Morgan fingerprint density at radius 2 is 1.53 bits per heavy atom. The number of methoxy groups -OCH3 is 4. The molecule has 30 heavy (non-hydrogen) atoms. The number of anilines is 2. The number of nitrogens with zero attached hydrogens (tertiary/aromatic N) is 2. The lowest BCUT2D eigenvalue weighted by Gasteiger charge is -2.15. The van der Waals surface area contributed by atoms with Gasteiger partial charge in [-0.2, -0.15) is 0 Å². The first kappa shape index (κ1) is 19.8. The summed E-state index contributed by atoms with van der Waals surface area (Å²) in [6.07, 6.45) is 1.55. The van der Waals surface area contributed by atoms with E-state index in [-0.39, 0.29) is 0 Å². The summed E-state index contributed by atoms with van der Waals surface area (Å²) >= 11 is 1.57. The lowest BCUT2D eigenvalue weighted by molar-refractivity contribution is 0.324. The Morgan fingerprint density at radius 3 is 2.13 bits per heavy atom. The summed E-state index contributed by atoms with van der Waals surface area (Å²) in [5.41, 5.74) is 2.87. The first-order chi connectivity index (χ1) is 14.7. The van der Waals surface area contributed by atoms with Crippen molar-refractivity contribution in [2.75, 3.05) is 33.8 Å². The average Bonchev–Trinajstić information content (AvgIpc) is 3.23. The van der Waals surface area contributed by atoms with Crippen molar-refractivity contribution in [3.63, 3.8) is 0 Å². The van der Waals surface area contributed by atoms with Gasteiger partial charge in [0.1, 0.15) is 22.7 Å². The molecule has 8 heteroatoms. The number of thiophene rings is 1. The van der Waals surface area contributed by atoms with Crippen molar-refractivity contribution < 1.29 is 18.9 Å². The highest BCUT2D eigenvalue weighted by molar-refractivity contribution is 7.17. The topological polar surface area (TPSA) is 74.7 Å². The predicted molar refractivity (Wildman–Crippen MR) is 119 cm³/mol. The molecule has 0 aliphatic carbocycles. The van der Waals surface area contributed by atoms with E-state index in [0.29, 0.717) is 23.1 Å². The van der Waals surface area contributed by atoms with Gasteiger partial charge in [0.25, 0.3) is 0 Å². The quantitative estimate of drug-likeness (QED) is 0.441. The number of hydrogen-bond acceptors (Lipinski definition) is 8. The Labute approximate surface area is 178 Å².